The first kappa shape index (κ1) is 13.0. The van der Waals surface area contributed by atoms with Crippen molar-refractivity contribution in [1.29, 1.82) is 0 Å². The normalized spacial score (nSPS) is 33.3. The van der Waals surface area contributed by atoms with E-state index in [2.05, 4.69) is 6.92 Å². The molecule has 0 aromatic heterocycles. The molecular weight excluding hydrogens is 214 g/mol. The zero-order valence-electron chi connectivity index (χ0n) is 10.9. The molecule has 2 N–H and O–H groups in total. The number of carbonyl (C=O) groups is 1. The molecule has 17 heavy (non-hydrogen) atoms. The number of nitrogens with two attached hydrogens (primary N) is 1. The molecule has 1 saturated carbocycles. The van der Waals surface area contributed by atoms with Gasteiger partial charge in [0.2, 0.25) is 0 Å². The van der Waals surface area contributed by atoms with E-state index in [0.29, 0.717) is 25.5 Å². The minimum Gasteiger partial charge on any atom is -0.381 e. The van der Waals surface area contributed by atoms with E-state index < -0.39 is 0 Å². The van der Waals surface area contributed by atoms with Gasteiger partial charge in [0.25, 0.3) is 0 Å². The number of hydrogen-bond acceptors (Lipinski definition) is 3. The van der Waals surface area contributed by atoms with Gasteiger partial charge in [-0.2, -0.15) is 0 Å². The van der Waals surface area contributed by atoms with Crippen LogP contribution in [0.2, 0.25) is 0 Å². The number of ketones is 1. The van der Waals surface area contributed by atoms with Crippen LogP contribution in [-0.2, 0) is 9.53 Å². The molecule has 1 aliphatic heterocycles. The van der Waals surface area contributed by atoms with Crippen LogP contribution in [0.1, 0.15) is 45.4 Å². The highest BCUT2D eigenvalue weighted by Gasteiger charge is 2.42. The van der Waals surface area contributed by atoms with E-state index >= 15 is 0 Å². The molecule has 0 aromatic carbocycles. The lowest BCUT2D eigenvalue weighted by molar-refractivity contribution is -0.139. The molecule has 1 aliphatic carbocycles. The third kappa shape index (κ3) is 2.71. The Morgan fingerprint density at radius 1 is 1.24 bits per heavy atom. The van der Waals surface area contributed by atoms with Crippen molar-refractivity contribution in [3.05, 3.63) is 0 Å². The van der Waals surface area contributed by atoms with E-state index in [4.69, 9.17) is 10.5 Å². The van der Waals surface area contributed by atoms with Gasteiger partial charge in [0.05, 0.1) is 0 Å². The molecular formula is C14H25NO2. The first-order valence-corrected chi connectivity index (χ1v) is 7.00. The molecule has 0 atom stereocenters. The molecule has 2 fully saturated rings. The SMILES string of the molecule is CC1CCC(C(=O)C2(CN)CCOCC2)CC1. The Hall–Kier alpha value is -0.410. The summed E-state index contributed by atoms with van der Waals surface area (Å²) >= 11 is 0. The maximum atomic E-state index is 12.7. The monoisotopic (exact) mass is 239 g/mol. The van der Waals surface area contributed by atoms with Crippen molar-refractivity contribution >= 4 is 5.78 Å². The van der Waals surface area contributed by atoms with Crippen LogP contribution in [0.25, 0.3) is 0 Å². The topological polar surface area (TPSA) is 52.3 Å². The minimum atomic E-state index is -0.260. The second-order valence-electron chi connectivity index (χ2n) is 5.92. The first-order chi connectivity index (χ1) is 8.18. The molecule has 3 heteroatoms. The van der Waals surface area contributed by atoms with Crippen LogP contribution < -0.4 is 5.73 Å². The van der Waals surface area contributed by atoms with Gasteiger partial charge in [-0.1, -0.05) is 19.8 Å². The lowest BCUT2D eigenvalue weighted by atomic mass is 9.68. The van der Waals surface area contributed by atoms with E-state index in [1.54, 1.807) is 0 Å². The third-order valence-electron chi connectivity index (χ3n) is 4.75. The van der Waals surface area contributed by atoms with Crippen molar-refractivity contribution in [2.45, 2.75) is 45.4 Å². The summed E-state index contributed by atoms with van der Waals surface area (Å²) in [5, 5.41) is 0. The summed E-state index contributed by atoms with van der Waals surface area (Å²) in [7, 11) is 0. The van der Waals surface area contributed by atoms with Crippen LogP contribution in [0.15, 0.2) is 0 Å². The van der Waals surface area contributed by atoms with Gasteiger partial charge in [0.15, 0.2) is 0 Å². The van der Waals surface area contributed by atoms with E-state index in [-0.39, 0.29) is 11.3 Å². The average Bonchev–Trinajstić information content (AvgIpc) is 2.39. The van der Waals surface area contributed by atoms with Crippen LogP contribution >= 0.6 is 0 Å². The predicted molar refractivity (Wildman–Crippen MR) is 67.7 cm³/mol. The summed E-state index contributed by atoms with van der Waals surface area (Å²) in [6.07, 6.45) is 6.20. The molecule has 1 saturated heterocycles. The Kier molecular flexibility index (Phi) is 4.21. The van der Waals surface area contributed by atoms with Gasteiger partial charge in [-0.25, -0.2) is 0 Å². The van der Waals surface area contributed by atoms with Crippen LogP contribution in [0.3, 0.4) is 0 Å². The maximum Gasteiger partial charge on any atom is 0.143 e. The largest absolute Gasteiger partial charge is 0.381 e. The Balaban J connectivity index is 2.01. The van der Waals surface area contributed by atoms with Crippen molar-refractivity contribution in [3.8, 4) is 0 Å². The standard InChI is InChI=1S/C14H25NO2/c1-11-2-4-12(5-3-11)13(16)14(10-15)6-8-17-9-7-14/h11-12H,2-10,15H2,1H3. The third-order valence-corrected chi connectivity index (χ3v) is 4.75. The van der Waals surface area contributed by atoms with Crippen LogP contribution in [0.5, 0.6) is 0 Å². The molecule has 98 valence electrons. The van der Waals surface area contributed by atoms with Gasteiger partial charge in [-0.05, 0) is 31.6 Å². The lowest BCUT2D eigenvalue weighted by Crippen LogP contribution is -2.46. The summed E-state index contributed by atoms with van der Waals surface area (Å²) in [5.74, 6) is 1.51. The zero-order valence-corrected chi connectivity index (χ0v) is 10.9. The van der Waals surface area contributed by atoms with Crippen LogP contribution in [0.4, 0.5) is 0 Å². The molecule has 0 spiro atoms. The molecule has 1 heterocycles. The fraction of sp³-hybridized carbons (Fsp3) is 0.929. The van der Waals surface area contributed by atoms with Gasteiger partial charge in [0, 0.05) is 31.1 Å². The summed E-state index contributed by atoms with van der Waals surface area (Å²) in [6, 6.07) is 0. The van der Waals surface area contributed by atoms with E-state index in [0.717, 1.165) is 31.6 Å². The van der Waals surface area contributed by atoms with Gasteiger partial charge >= 0.3 is 0 Å². The molecule has 0 aromatic rings. The second kappa shape index (κ2) is 5.49. The van der Waals surface area contributed by atoms with E-state index in [9.17, 15) is 4.79 Å². The van der Waals surface area contributed by atoms with Gasteiger partial charge < -0.3 is 10.5 Å². The average molecular weight is 239 g/mol. The summed E-state index contributed by atoms with van der Waals surface area (Å²) in [5.41, 5.74) is 5.64. The van der Waals surface area contributed by atoms with Crippen molar-refractivity contribution in [2.24, 2.45) is 23.0 Å². The summed E-state index contributed by atoms with van der Waals surface area (Å²) in [6.45, 7) is 4.19. The highest BCUT2D eigenvalue weighted by molar-refractivity contribution is 5.87. The Labute approximate surface area is 104 Å². The Morgan fingerprint density at radius 3 is 2.35 bits per heavy atom. The molecule has 0 bridgehead atoms. The smallest absolute Gasteiger partial charge is 0.143 e. The van der Waals surface area contributed by atoms with E-state index in [1.807, 2.05) is 0 Å². The van der Waals surface area contributed by atoms with Crippen LogP contribution in [0, 0.1) is 17.3 Å². The van der Waals surface area contributed by atoms with E-state index in [1.165, 1.54) is 12.8 Å². The molecule has 0 unspecified atom stereocenters. The second-order valence-corrected chi connectivity index (χ2v) is 5.92. The highest BCUT2D eigenvalue weighted by atomic mass is 16.5. The van der Waals surface area contributed by atoms with Gasteiger partial charge in [-0.15, -0.1) is 0 Å². The molecule has 2 aliphatic rings. The maximum absolute atomic E-state index is 12.7. The number of rotatable bonds is 3. The van der Waals surface area contributed by atoms with Gasteiger partial charge in [-0.3, -0.25) is 4.79 Å². The molecule has 0 amide bonds. The van der Waals surface area contributed by atoms with Gasteiger partial charge in [0.1, 0.15) is 5.78 Å². The molecule has 2 rings (SSSR count). The van der Waals surface area contributed by atoms with Crippen molar-refractivity contribution in [3.63, 3.8) is 0 Å². The fourth-order valence-corrected chi connectivity index (χ4v) is 3.27. The van der Waals surface area contributed by atoms with Crippen LogP contribution in [-0.4, -0.2) is 25.5 Å². The summed E-state index contributed by atoms with van der Waals surface area (Å²) in [4.78, 5) is 12.7. The Bertz CT molecular complexity index is 263. The number of carbonyl (C=O) groups excluding carboxylic acids is 1. The molecule has 0 radical (unpaired) electrons. The molecule has 3 nitrogen and oxygen atoms in total. The lowest BCUT2D eigenvalue weighted by Gasteiger charge is -2.38. The highest BCUT2D eigenvalue weighted by Crippen LogP contribution is 2.38. The quantitative estimate of drug-likeness (QED) is 0.821. The minimum absolute atomic E-state index is 0.260. The first-order valence-electron chi connectivity index (χ1n) is 7.00. The zero-order chi connectivity index (χ0) is 12.3. The van der Waals surface area contributed by atoms with Crippen molar-refractivity contribution < 1.29 is 9.53 Å². The number of ether oxygens (including phenoxy) is 1. The predicted octanol–water partition coefficient (Wildman–Crippen LogP) is 2.14. The summed E-state index contributed by atoms with van der Waals surface area (Å²) < 4.78 is 5.37. The fourth-order valence-electron chi connectivity index (χ4n) is 3.27. The number of Topliss-reactive ketones (excluding diaryl/α,β-unsaturated/α-hetero) is 1. The Morgan fingerprint density at radius 2 is 1.82 bits per heavy atom. The van der Waals surface area contributed by atoms with Crippen molar-refractivity contribution in [2.75, 3.05) is 19.8 Å². The number of hydrogen-bond donors (Lipinski definition) is 1. The van der Waals surface area contributed by atoms with Crippen molar-refractivity contribution in [1.82, 2.24) is 0 Å².